The Balaban J connectivity index is 2.52. The molecule has 2 unspecified atom stereocenters. The average Bonchev–Trinajstić information content (AvgIpc) is 2.92. The largest absolute Gasteiger partial charge is 0.296 e. The standard InChI is InChI=1S/C15H33N3/c1-4-6-7-8-11-14(17-16)15(3,5-2)18-12-9-10-13-18/h14,17H,4-13,16H2,1-3H3. The monoisotopic (exact) mass is 255 g/mol. The number of likely N-dealkylation sites (tertiary alicyclic amines) is 1. The summed E-state index contributed by atoms with van der Waals surface area (Å²) < 4.78 is 0. The summed E-state index contributed by atoms with van der Waals surface area (Å²) >= 11 is 0. The molecule has 0 aromatic carbocycles. The Hall–Kier alpha value is -0.120. The minimum Gasteiger partial charge on any atom is -0.296 e. The zero-order chi connectivity index (χ0) is 13.4. The predicted molar refractivity (Wildman–Crippen MR) is 79.4 cm³/mol. The SMILES string of the molecule is CCCCCCC(NN)C(C)(CC)N1CCCC1. The number of nitrogens with one attached hydrogen (secondary N) is 1. The number of rotatable bonds is 9. The average molecular weight is 255 g/mol. The minimum atomic E-state index is 0.234. The van der Waals surface area contributed by atoms with Gasteiger partial charge in [-0.25, -0.2) is 0 Å². The van der Waals surface area contributed by atoms with Crippen molar-refractivity contribution in [2.75, 3.05) is 13.1 Å². The molecule has 1 aliphatic heterocycles. The van der Waals surface area contributed by atoms with Gasteiger partial charge in [0, 0.05) is 11.6 Å². The maximum absolute atomic E-state index is 5.84. The van der Waals surface area contributed by atoms with E-state index in [1.807, 2.05) is 0 Å². The second-order valence-corrected chi connectivity index (χ2v) is 5.97. The van der Waals surface area contributed by atoms with Crippen LogP contribution in [0.25, 0.3) is 0 Å². The van der Waals surface area contributed by atoms with Gasteiger partial charge in [-0.15, -0.1) is 0 Å². The van der Waals surface area contributed by atoms with Crippen molar-refractivity contribution in [1.29, 1.82) is 0 Å². The molecule has 0 aromatic rings. The maximum atomic E-state index is 5.84. The molecule has 1 fully saturated rings. The summed E-state index contributed by atoms with van der Waals surface area (Å²) in [5.74, 6) is 5.84. The lowest BCUT2D eigenvalue weighted by Crippen LogP contribution is -2.60. The molecule has 18 heavy (non-hydrogen) atoms. The van der Waals surface area contributed by atoms with E-state index in [1.165, 1.54) is 64.5 Å². The lowest BCUT2D eigenvalue weighted by molar-refractivity contribution is 0.0791. The van der Waals surface area contributed by atoms with Gasteiger partial charge in [-0.05, 0) is 45.7 Å². The highest BCUT2D eigenvalue weighted by Gasteiger charge is 2.38. The maximum Gasteiger partial charge on any atom is 0.0392 e. The van der Waals surface area contributed by atoms with Crippen molar-refractivity contribution in [3.63, 3.8) is 0 Å². The summed E-state index contributed by atoms with van der Waals surface area (Å²) in [7, 11) is 0. The lowest BCUT2D eigenvalue weighted by atomic mass is 9.84. The molecule has 1 rings (SSSR count). The van der Waals surface area contributed by atoms with Crippen LogP contribution < -0.4 is 11.3 Å². The molecule has 3 nitrogen and oxygen atoms in total. The van der Waals surface area contributed by atoms with Crippen LogP contribution in [-0.2, 0) is 0 Å². The van der Waals surface area contributed by atoms with Crippen LogP contribution in [0.3, 0.4) is 0 Å². The van der Waals surface area contributed by atoms with E-state index in [0.29, 0.717) is 6.04 Å². The molecule has 1 heterocycles. The molecule has 2 atom stereocenters. The Bertz CT molecular complexity index is 214. The fourth-order valence-electron chi connectivity index (χ4n) is 3.27. The topological polar surface area (TPSA) is 41.3 Å². The smallest absolute Gasteiger partial charge is 0.0392 e. The van der Waals surface area contributed by atoms with Gasteiger partial charge in [0.05, 0.1) is 0 Å². The Morgan fingerprint density at radius 2 is 1.83 bits per heavy atom. The zero-order valence-corrected chi connectivity index (χ0v) is 12.7. The van der Waals surface area contributed by atoms with Gasteiger partial charge >= 0.3 is 0 Å². The fraction of sp³-hybridized carbons (Fsp3) is 1.00. The third-order valence-corrected chi connectivity index (χ3v) is 4.84. The van der Waals surface area contributed by atoms with Crippen LogP contribution in [-0.4, -0.2) is 29.6 Å². The van der Waals surface area contributed by atoms with Crippen LogP contribution in [0.15, 0.2) is 0 Å². The quantitative estimate of drug-likeness (QED) is 0.378. The van der Waals surface area contributed by atoms with Crippen LogP contribution >= 0.6 is 0 Å². The zero-order valence-electron chi connectivity index (χ0n) is 12.7. The van der Waals surface area contributed by atoms with Crippen molar-refractivity contribution in [3.05, 3.63) is 0 Å². The van der Waals surface area contributed by atoms with E-state index in [-0.39, 0.29) is 5.54 Å². The van der Waals surface area contributed by atoms with Gasteiger partial charge in [0.1, 0.15) is 0 Å². The molecule has 0 bridgehead atoms. The van der Waals surface area contributed by atoms with Gasteiger partial charge < -0.3 is 0 Å². The van der Waals surface area contributed by atoms with E-state index in [1.54, 1.807) is 0 Å². The molecular formula is C15H33N3. The molecule has 3 N–H and O–H groups in total. The van der Waals surface area contributed by atoms with Gasteiger partial charge in [-0.3, -0.25) is 16.2 Å². The number of nitrogens with two attached hydrogens (primary N) is 1. The normalized spacial score (nSPS) is 22.0. The summed E-state index contributed by atoms with van der Waals surface area (Å²) in [5.41, 5.74) is 3.34. The Labute approximate surface area is 113 Å². The van der Waals surface area contributed by atoms with Gasteiger partial charge in [0.25, 0.3) is 0 Å². The molecule has 0 spiro atoms. The second kappa shape index (κ2) is 8.13. The molecule has 0 amide bonds. The van der Waals surface area contributed by atoms with Gasteiger partial charge in [0.15, 0.2) is 0 Å². The van der Waals surface area contributed by atoms with E-state index in [2.05, 4.69) is 31.1 Å². The van der Waals surface area contributed by atoms with E-state index in [0.717, 1.165) is 0 Å². The highest BCUT2D eigenvalue weighted by molar-refractivity contribution is 4.96. The Morgan fingerprint density at radius 3 is 2.33 bits per heavy atom. The van der Waals surface area contributed by atoms with Gasteiger partial charge in [-0.2, -0.15) is 0 Å². The van der Waals surface area contributed by atoms with E-state index in [9.17, 15) is 0 Å². The molecular weight excluding hydrogens is 222 g/mol. The summed E-state index contributed by atoms with van der Waals surface area (Å²) in [5, 5.41) is 0. The van der Waals surface area contributed by atoms with Gasteiger partial charge in [-0.1, -0.05) is 39.5 Å². The van der Waals surface area contributed by atoms with Crippen molar-refractivity contribution in [2.24, 2.45) is 5.84 Å². The van der Waals surface area contributed by atoms with Crippen molar-refractivity contribution in [1.82, 2.24) is 10.3 Å². The lowest BCUT2D eigenvalue weighted by Gasteiger charge is -2.44. The molecule has 0 radical (unpaired) electrons. The summed E-state index contributed by atoms with van der Waals surface area (Å²) in [6.07, 6.45) is 10.4. The first-order chi connectivity index (χ1) is 8.69. The highest BCUT2D eigenvalue weighted by atomic mass is 15.3. The van der Waals surface area contributed by atoms with Crippen LogP contribution in [0.2, 0.25) is 0 Å². The Kier molecular flexibility index (Phi) is 7.20. The van der Waals surface area contributed by atoms with E-state index < -0.39 is 0 Å². The number of hydrazine groups is 1. The van der Waals surface area contributed by atoms with Crippen molar-refractivity contribution in [3.8, 4) is 0 Å². The van der Waals surface area contributed by atoms with Crippen LogP contribution in [0.4, 0.5) is 0 Å². The van der Waals surface area contributed by atoms with Gasteiger partial charge in [0.2, 0.25) is 0 Å². The first kappa shape index (κ1) is 15.9. The summed E-state index contributed by atoms with van der Waals surface area (Å²) in [6, 6.07) is 0.428. The molecule has 108 valence electrons. The first-order valence-electron chi connectivity index (χ1n) is 7.90. The Morgan fingerprint density at radius 1 is 1.17 bits per heavy atom. The van der Waals surface area contributed by atoms with Crippen molar-refractivity contribution in [2.45, 2.75) is 83.7 Å². The number of unbranched alkanes of at least 4 members (excludes halogenated alkanes) is 3. The first-order valence-corrected chi connectivity index (χ1v) is 7.90. The third-order valence-electron chi connectivity index (χ3n) is 4.84. The highest BCUT2D eigenvalue weighted by Crippen LogP contribution is 2.30. The number of hydrogen-bond acceptors (Lipinski definition) is 3. The van der Waals surface area contributed by atoms with Crippen LogP contribution in [0, 0.1) is 0 Å². The second-order valence-electron chi connectivity index (χ2n) is 5.97. The van der Waals surface area contributed by atoms with Crippen LogP contribution in [0.1, 0.15) is 72.1 Å². The molecule has 0 aliphatic carbocycles. The molecule has 3 heteroatoms. The number of nitrogens with zero attached hydrogens (tertiary/aromatic N) is 1. The summed E-state index contributed by atoms with van der Waals surface area (Å²) in [4.78, 5) is 2.65. The van der Waals surface area contributed by atoms with Crippen LogP contribution in [0.5, 0.6) is 0 Å². The minimum absolute atomic E-state index is 0.234. The molecule has 0 aromatic heterocycles. The van der Waals surface area contributed by atoms with E-state index in [4.69, 9.17) is 5.84 Å². The molecule has 1 aliphatic rings. The van der Waals surface area contributed by atoms with Crippen molar-refractivity contribution >= 4 is 0 Å². The van der Waals surface area contributed by atoms with Crippen molar-refractivity contribution < 1.29 is 0 Å². The fourth-order valence-corrected chi connectivity index (χ4v) is 3.27. The third kappa shape index (κ3) is 3.94. The summed E-state index contributed by atoms with van der Waals surface area (Å²) in [6.45, 7) is 9.45. The molecule has 1 saturated heterocycles. The molecule has 0 saturated carbocycles. The van der Waals surface area contributed by atoms with E-state index >= 15 is 0 Å². The predicted octanol–water partition coefficient (Wildman–Crippen LogP) is 3.05. The number of hydrogen-bond donors (Lipinski definition) is 2.